The molecule has 2 aromatic carbocycles. The highest BCUT2D eigenvalue weighted by Crippen LogP contribution is 2.24. The first-order valence-corrected chi connectivity index (χ1v) is 11.5. The van der Waals surface area contributed by atoms with Crippen LogP contribution in [0.5, 0.6) is 5.75 Å². The number of nitrogens with zero attached hydrogens (tertiary/aromatic N) is 2. The van der Waals surface area contributed by atoms with Crippen LogP contribution in [0.15, 0.2) is 59.5 Å². The van der Waals surface area contributed by atoms with E-state index in [-0.39, 0.29) is 17.4 Å². The molecule has 0 bridgehead atoms. The summed E-state index contributed by atoms with van der Waals surface area (Å²) in [5.41, 5.74) is 0.623. The molecule has 0 N–H and O–H groups in total. The lowest BCUT2D eigenvalue weighted by Gasteiger charge is -2.23. The minimum Gasteiger partial charge on any atom is -0.484 e. The Bertz CT molecular complexity index is 890. The topological polar surface area (TPSA) is 66.9 Å². The molecular formula is C22H28N2O4S. The molecule has 29 heavy (non-hydrogen) atoms. The van der Waals surface area contributed by atoms with Crippen LogP contribution in [0.25, 0.3) is 0 Å². The smallest absolute Gasteiger partial charge is 0.264 e. The highest BCUT2D eigenvalue weighted by atomic mass is 32.2. The largest absolute Gasteiger partial charge is 0.484 e. The van der Waals surface area contributed by atoms with Crippen LogP contribution < -0.4 is 9.04 Å². The molecule has 0 atom stereocenters. The normalized spacial score (nSPS) is 14.9. The SMILES string of the molecule is CCN(c1ccccc1)S(=O)(=O)c1ccc(OCC(=O)N2CCCCCC2)cc1. The Morgan fingerprint density at radius 2 is 1.59 bits per heavy atom. The molecule has 1 amide bonds. The number of para-hydroxylation sites is 1. The summed E-state index contributed by atoms with van der Waals surface area (Å²) in [6.07, 6.45) is 4.40. The van der Waals surface area contributed by atoms with Gasteiger partial charge in [0.1, 0.15) is 5.75 Å². The van der Waals surface area contributed by atoms with Crippen molar-refractivity contribution < 1.29 is 17.9 Å². The van der Waals surface area contributed by atoms with Crippen molar-refractivity contribution >= 4 is 21.6 Å². The van der Waals surface area contributed by atoms with Gasteiger partial charge in [-0.3, -0.25) is 9.10 Å². The number of likely N-dealkylation sites (tertiary alicyclic amines) is 1. The summed E-state index contributed by atoms with van der Waals surface area (Å²) in [4.78, 5) is 14.4. The molecule has 0 radical (unpaired) electrons. The second-order valence-corrected chi connectivity index (χ2v) is 8.92. The molecule has 156 valence electrons. The predicted molar refractivity (Wildman–Crippen MR) is 114 cm³/mol. The molecular weight excluding hydrogens is 388 g/mol. The summed E-state index contributed by atoms with van der Waals surface area (Å²) in [6, 6.07) is 15.3. The van der Waals surface area contributed by atoms with Crippen LogP contribution >= 0.6 is 0 Å². The van der Waals surface area contributed by atoms with Gasteiger partial charge in [-0.05, 0) is 56.2 Å². The van der Waals surface area contributed by atoms with Crippen molar-refractivity contribution in [3.63, 3.8) is 0 Å². The van der Waals surface area contributed by atoms with Crippen molar-refractivity contribution in [1.29, 1.82) is 0 Å². The van der Waals surface area contributed by atoms with Gasteiger partial charge in [0.25, 0.3) is 15.9 Å². The van der Waals surface area contributed by atoms with Gasteiger partial charge < -0.3 is 9.64 Å². The summed E-state index contributed by atoms with van der Waals surface area (Å²) >= 11 is 0. The molecule has 3 rings (SSSR count). The summed E-state index contributed by atoms with van der Waals surface area (Å²) in [5, 5.41) is 0. The van der Waals surface area contributed by atoms with Crippen molar-refractivity contribution in [2.24, 2.45) is 0 Å². The number of hydrogen-bond donors (Lipinski definition) is 0. The zero-order valence-electron chi connectivity index (χ0n) is 16.8. The Hall–Kier alpha value is -2.54. The maximum atomic E-state index is 13.0. The summed E-state index contributed by atoms with van der Waals surface area (Å²) in [7, 11) is -3.67. The van der Waals surface area contributed by atoms with Crippen LogP contribution in [0, 0.1) is 0 Å². The standard InChI is InChI=1S/C22H28N2O4S/c1-2-24(19-10-6-5-7-11-19)29(26,27)21-14-12-20(13-15-21)28-18-22(25)23-16-8-3-4-9-17-23/h5-7,10-15H,2-4,8-9,16-18H2,1H3. The summed E-state index contributed by atoms with van der Waals surface area (Å²) < 4.78 is 33.0. The first kappa shape index (κ1) is 21.2. The lowest BCUT2D eigenvalue weighted by atomic mass is 10.2. The van der Waals surface area contributed by atoms with E-state index in [2.05, 4.69) is 0 Å². The maximum absolute atomic E-state index is 13.0. The van der Waals surface area contributed by atoms with E-state index in [0.717, 1.165) is 25.9 Å². The number of sulfonamides is 1. The second kappa shape index (κ2) is 9.78. The Kier molecular flexibility index (Phi) is 7.14. The maximum Gasteiger partial charge on any atom is 0.264 e. The molecule has 0 aliphatic carbocycles. The number of hydrogen-bond acceptors (Lipinski definition) is 4. The molecule has 1 saturated heterocycles. The number of rotatable bonds is 7. The van der Waals surface area contributed by atoms with Crippen LogP contribution in [0.2, 0.25) is 0 Å². The zero-order valence-corrected chi connectivity index (χ0v) is 17.6. The van der Waals surface area contributed by atoms with Crippen LogP contribution in [0.4, 0.5) is 5.69 Å². The van der Waals surface area contributed by atoms with Crippen LogP contribution in [-0.2, 0) is 14.8 Å². The number of carbonyl (C=O) groups is 1. The van der Waals surface area contributed by atoms with Gasteiger partial charge in [-0.25, -0.2) is 8.42 Å². The fourth-order valence-corrected chi connectivity index (χ4v) is 4.95. The Morgan fingerprint density at radius 3 is 2.17 bits per heavy atom. The molecule has 6 nitrogen and oxygen atoms in total. The zero-order chi connectivity index (χ0) is 20.7. The number of anilines is 1. The van der Waals surface area contributed by atoms with Gasteiger partial charge in [0, 0.05) is 19.6 Å². The van der Waals surface area contributed by atoms with E-state index in [1.807, 2.05) is 23.1 Å². The minimum atomic E-state index is -3.67. The van der Waals surface area contributed by atoms with Gasteiger partial charge in [0.2, 0.25) is 0 Å². The van der Waals surface area contributed by atoms with Crippen molar-refractivity contribution in [2.75, 3.05) is 30.5 Å². The number of ether oxygens (including phenoxy) is 1. The van der Waals surface area contributed by atoms with Gasteiger partial charge in [0.05, 0.1) is 10.6 Å². The second-order valence-electron chi connectivity index (χ2n) is 7.06. The fourth-order valence-electron chi connectivity index (χ4n) is 3.48. The monoisotopic (exact) mass is 416 g/mol. The average Bonchev–Trinajstić information content (AvgIpc) is 3.03. The Balaban J connectivity index is 1.65. The van der Waals surface area contributed by atoms with Gasteiger partial charge in [-0.15, -0.1) is 0 Å². The highest BCUT2D eigenvalue weighted by molar-refractivity contribution is 7.92. The van der Waals surface area contributed by atoms with E-state index in [1.165, 1.54) is 29.3 Å². The number of amides is 1. The van der Waals surface area contributed by atoms with E-state index >= 15 is 0 Å². The lowest BCUT2D eigenvalue weighted by Crippen LogP contribution is -2.35. The fraction of sp³-hybridized carbons (Fsp3) is 0.409. The molecule has 0 aromatic heterocycles. The van der Waals surface area contributed by atoms with Crippen LogP contribution in [0.1, 0.15) is 32.6 Å². The van der Waals surface area contributed by atoms with E-state index < -0.39 is 10.0 Å². The molecule has 0 unspecified atom stereocenters. The van der Waals surface area contributed by atoms with E-state index in [0.29, 0.717) is 18.0 Å². The third-order valence-electron chi connectivity index (χ3n) is 5.06. The third-order valence-corrected chi connectivity index (χ3v) is 6.98. The first-order valence-electron chi connectivity index (χ1n) is 10.1. The molecule has 1 aliphatic rings. The average molecular weight is 417 g/mol. The van der Waals surface area contributed by atoms with Gasteiger partial charge >= 0.3 is 0 Å². The lowest BCUT2D eigenvalue weighted by molar-refractivity contribution is -0.133. The number of benzene rings is 2. The summed E-state index contributed by atoms with van der Waals surface area (Å²) in [5.74, 6) is 0.458. The Morgan fingerprint density at radius 1 is 0.966 bits per heavy atom. The molecule has 0 spiro atoms. The first-order chi connectivity index (χ1) is 14.0. The van der Waals surface area contributed by atoms with E-state index in [4.69, 9.17) is 4.74 Å². The van der Waals surface area contributed by atoms with Crippen molar-refractivity contribution in [3.05, 3.63) is 54.6 Å². The predicted octanol–water partition coefficient (Wildman–Crippen LogP) is 3.68. The van der Waals surface area contributed by atoms with Gasteiger partial charge in [-0.2, -0.15) is 0 Å². The van der Waals surface area contributed by atoms with Crippen LogP contribution in [0.3, 0.4) is 0 Å². The molecule has 2 aromatic rings. The highest BCUT2D eigenvalue weighted by Gasteiger charge is 2.23. The van der Waals surface area contributed by atoms with Gasteiger partial charge in [-0.1, -0.05) is 31.0 Å². The molecule has 0 saturated carbocycles. The Labute approximate surface area is 173 Å². The molecule has 1 heterocycles. The quantitative estimate of drug-likeness (QED) is 0.691. The summed E-state index contributed by atoms with van der Waals surface area (Å²) in [6.45, 7) is 3.67. The molecule has 7 heteroatoms. The van der Waals surface area contributed by atoms with Crippen molar-refractivity contribution in [1.82, 2.24) is 4.90 Å². The molecule has 1 aliphatic heterocycles. The third kappa shape index (κ3) is 5.29. The van der Waals surface area contributed by atoms with Crippen LogP contribution in [-0.4, -0.2) is 45.5 Å². The van der Waals surface area contributed by atoms with Crippen molar-refractivity contribution in [3.8, 4) is 5.75 Å². The van der Waals surface area contributed by atoms with Gasteiger partial charge in [0.15, 0.2) is 6.61 Å². The van der Waals surface area contributed by atoms with E-state index in [1.54, 1.807) is 31.2 Å². The van der Waals surface area contributed by atoms with E-state index in [9.17, 15) is 13.2 Å². The number of carbonyl (C=O) groups excluding carboxylic acids is 1. The molecule has 1 fully saturated rings. The van der Waals surface area contributed by atoms with Crippen molar-refractivity contribution in [2.45, 2.75) is 37.5 Å². The minimum absolute atomic E-state index is 0.0233.